The van der Waals surface area contributed by atoms with Crippen LogP contribution in [-0.4, -0.2) is 17.7 Å². The molecule has 0 fully saturated rings. The third-order valence-electron chi connectivity index (χ3n) is 2.64. The Morgan fingerprint density at radius 3 is 2.38 bits per heavy atom. The van der Waals surface area contributed by atoms with Crippen LogP contribution in [0.4, 0.5) is 4.39 Å². The molecule has 21 heavy (non-hydrogen) atoms. The van der Waals surface area contributed by atoms with Gasteiger partial charge in [-0.25, -0.2) is 9.18 Å². The van der Waals surface area contributed by atoms with E-state index in [1.807, 2.05) is 6.92 Å². The summed E-state index contributed by atoms with van der Waals surface area (Å²) in [5, 5.41) is 8.90. The van der Waals surface area contributed by atoms with Crippen molar-refractivity contribution >= 4 is 21.9 Å². The number of benzene rings is 2. The number of rotatable bonds is 5. The average Bonchev–Trinajstić information content (AvgIpc) is 2.46. The van der Waals surface area contributed by atoms with Crippen LogP contribution >= 0.6 is 15.9 Å². The van der Waals surface area contributed by atoms with Crippen molar-refractivity contribution in [1.29, 1.82) is 0 Å². The quantitative estimate of drug-likeness (QED) is 0.859. The Hall–Kier alpha value is -2.08. The van der Waals surface area contributed by atoms with E-state index >= 15 is 0 Å². The van der Waals surface area contributed by atoms with Gasteiger partial charge in [0.05, 0.1) is 16.6 Å². The van der Waals surface area contributed by atoms with Crippen molar-refractivity contribution in [2.24, 2.45) is 0 Å². The van der Waals surface area contributed by atoms with Gasteiger partial charge in [-0.15, -0.1) is 0 Å². The summed E-state index contributed by atoms with van der Waals surface area (Å²) in [6, 6.07) is 9.25. The molecule has 0 aliphatic heterocycles. The van der Waals surface area contributed by atoms with E-state index in [0.717, 1.165) is 0 Å². The standard InChI is InChI=1S/C15H12BrFO4/c1-2-20-9-3-5-10(6-4-9)21-12-8-7-11(15(18)19)13(16)14(12)17/h3-8H,2H2,1H3,(H,18,19). The van der Waals surface area contributed by atoms with Crippen LogP contribution in [0.3, 0.4) is 0 Å². The monoisotopic (exact) mass is 354 g/mol. The Morgan fingerprint density at radius 2 is 1.81 bits per heavy atom. The fraction of sp³-hybridized carbons (Fsp3) is 0.133. The zero-order valence-corrected chi connectivity index (χ0v) is 12.7. The van der Waals surface area contributed by atoms with Gasteiger partial charge in [0.25, 0.3) is 0 Å². The van der Waals surface area contributed by atoms with Crippen LogP contribution in [-0.2, 0) is 0 Å². The van der Waals surface area contributed by atoms with Gasteiger partial charge in [-0.2, -0.15) is 0 Å². The van der Waals surface area contributed by atoms with Crippen LogP contribution in [0.1, 0.15) is 17.3 Å². The summed E-state index contributed by atoms with van der Waals surface area (Å²) in [6.07, 6.45) is 0. The molecule has 2 aromatic carbocycles. The van der Waals surface area contributed by atoms with Crippen molar-refractivity contribution < 1.29 is 23.8 Å². The van der Waals surface area contributed by atoms with Crippen molar-refractivity contribution in [2.45, 2.75) is 6.92 Å². The smallest absolute Gasteiger partial charge is 0.336 e. The molecule has 0 radical (unpaired) electrons. The average molecular weight is 355 g/mol. The number of halogens is 2. The minimum atomic E-state index is -1.21. The number of hydrogen-bond donors (Lipinski definition) is 1. The number of carbonyl (C=O) groups is 1. The topological polar surface area (TPSA) is 55.8 Å². The summed E-state index contributed by atoms with van der Waals surface area (Å²) in [6.45, 7) is 2.43. The van der Waals surface area contributed by atoms with E-state index in [4.69, 9.17) is 14.6 Å². The lowest BCUT2D eigenvalue weighted by molar-refractivity contribution is 0.0695. The van der Waals surface area contributed by atoms with Gasteiger partial charge in [0.2, 0.25) is 0 Å². The minimum Gasteiger partial charge on any atom is -0.494 e. The number of aromatic carboxylic acids is 1. The van der Waals surface area contributed by atoms with Gasteiger partial charge in [0, 0.05) is 0 Å². The molecule has 0 saturated carbocycles. The van der Waals surface area contributed by atoms with E-state index in [0.29, 0.717) is 18.1 Å². The van der Waals surface area contributed by atoms with Crippen molar-refractivity contribution in [3.63, 3.8) is 0 Å². The first kappa shape index (κ1) is 15.3. The molecule has 6 heteroatoms. The first-order valence-corrected chi connectivity index (χ1v) is 6.94. The molecule has 2 rings (SSSR count). The lowest BCUT2D eigenvalue weighted by Gasteiger charge is -2.10. The highest BCUT2D eigenvalue weighted by Gasteiger charge is 2.17. The maximum absolute atomic E-state index is 14.0. The van der Waals surface area contributed by atoms with E-state index < -0.39 is 11.8 Å². The predicted octanol–water partition coefficient (Wildman–Crippen LogP) is 4.48. The lowest BCUT2D eigenvalue weighted by atomic mass is 10.2. The molecule has 0 saturated heterocycles. The summed E-state index contributed by atoms with van der Waals surface area (Å²) in [7, 11) is 0. The molecule has 0 spiro atoms. The van der Waals surface area contributed by atoms with Crippen LogP contribution < -0.4 is 9.47 Å². The second kappa shape index (κ2) is 6.58. The SMILES string of the molecule is CCOc1ccc(Oc2ccc(C(=O)O)c(Br)c2F)cc1. The number of hydrogen-bond acceptors (Lipinski definition) is 3. The highest BCUT2D eigenvalue weighted by atomic mass is 79.9. The van der Waals surface area contributed by atoms with Crippen molar-refractivity contribution in [1.82, 2.24) is 0 Å². The molecule has 0 heterocycles. The maximum Gasteiger partial charge on any atom is 0.336 e. The first-order valence-electron chi connectivity index (χ1n) is 6.15. The van der Waals surface area contributed by atoms with Crippen molar-refractivity contribution in [2.75, 3.05) is 6.61 Å². The molecule has 1 N–H and O–H groups in total. The molecule has 4 nitrogen and oxygen atoms in total. The second-order valence-electron chi connectivity index (χ2n) is 4.05. The first-order chi connectivity index (χ1) is 10.0. The van der Waals surface area contributed by atoms with E-state index in [-0.39, 0.29) is 15.8 Å². The molecular formula is C15H12BrFO4. The van der Waals surface area contributed by atoms with Crippen LogP contribution in [0.2, 0.25) is 0 Å². The molecule has 0 unspecified atom stereocenters. The molecule has 2 aromatic rings. The number of ether oxygens (including phenoxy) is 2. The van der Waals surface area contributed by atoms with Crippen LogP contribution in [0, 0.1) is 5.82 Å². The fourth-order valence-corrected chi connectivity index (χ4v) is 2.17. The van der Waals surface area contributed by atoms with Gasteiger partial charge >= 0.3 is 5.97 Å². The maximum atomic E-state index is 14.0. The van der Waals surface area contributed by atoms with Crippen molar-refractivity contribution in [3.05, 3.63) is 52.3 Å². The van der Waals surface area contributed by atoms with Gasteiger partial charge in [0.1, 0.15) is 11.5 Å². The molecule has 0 amide bonds. The highest BCUT2D eigenvalue weighted by molar-refractivity contribution is 9.10. The molecular weight excluding hydrogens is 343 g/mol. The van der Waals surface area contributed by atoms with Crippen LogP contribution in [0.15, 0.2) is 40.9 Å². The summed E-state index contributed by atoms with van der Waals surface area (Å²) in [4.78, 5) is 10.9. The van der Waals surface area contributed by atoms with Gasteiger partial charge in [0.15, 0.2) is 11.6 Å². The van der Waals surface area contributed by atoms with Gasteiger partial charge in [-0.05, 0) is 59.3 Å². The number of carboxylic acid groups (broad SMARTS) is 1. The Labute approximate surface area is 129 Å². The Bertz CT molecular complexity index is 655. The summed E-state index contributed by atoms with van der Waals surface area (Å²) in [5.41, 5.74) is -0.161. The van der Waals surface area contributed by atoms with Crippen LogP contribution in [0.5, 0.6) is 17.2 Å². The molecule has 0 aliphatic carbocycles. The molecule has 0 atom stereocenters. The van der Waals surface area contributed by atoms with Crippen LogP contribution in [0.25, 0.3) is 0 Å². The van der Waals surface area contributed by atoms with Gasteiger partial charge in [-0.1, -0.05) is 0 Å². The van der Waals surface area contributed by atoms with Gasteiger partial charge in [-0.3, -0.25) is 0 Å². The molecule has 0 bridgehead atoms. The largest absolute Gasteiger partial charge is 0.494 e. The summed E-state index contributed by atoms with van der Waals surface area (Å²) in [5.74, 6) is -0.923. The summed E-state index contributed by atoms with van der Waals surface area (Å²) < 4.78 is 24.6. The van der Waals surface area contributed by atoms with E-state index in [1.54, 1.807) is 24.3 Å². The van der Waals surface area contributed by atoms with E-state index in [9.17, 15) is 9.18 Å². The third kappa shape index (κ3) is 3.52. The lowest BCUT2D eigenvalue weighted by Crippen LogP contribution is -2.00. The number of carboxylic acids is 1. The third-order valence-corrected chi connectivity index (χ3v) is 3.42. The second-order valence-corrected chi connectivity index (χ2v) is 4.84. The highest BCUT2D eigenvalue weighted by Crippen LogP contribution is 2.32. The molecule has 110 valence electrons. The van der Waals surface area contributed by atoms with E-state index in [2.05, 4.69) is 15.9 Å². The Morgan fingerprint density at radius 1 is 1.19 bits per heavy atom. The normalized spacial score (nSPS) is 10.2. The fourth-order valence-electron chi connectivity index (χ4n) is 1.67. The predicted molar refractivity (Wildman–Crippen MR) is 78.7 cm³/mol. The molecule has 0 aliphatic rings. The Balaban J connectivity index is 2.23. The van der Waals surface area contributed by atoms with Crippen molar-refractivity contribution in [3.8, 4) is 17.2 Å². The molecule has 0 aromatic heterocycles. The zero-order valence-electron chi connectivity index (χ0n) is 11.1. The van der Waals surface area contributed by atoms with E-state index in [1.165, 1.54) is 12.1 Å². The Kier molecular flexibility index (Phi) is 4.80. The minimum absolute atomic E-state index is 0.0592. The van der Waals surface area contributed by atoms with Gasteiger partial charge < -0.3 is 14.6 Å². The summed E-state index contributed by atoms with van der Waals surface area (Å²) >= 11 is 2.92. The zero-order chi connectivity index (χ0) is 15.4.